The maximum absolute atomic E-state index is 9.51. The van der Waals surface area contributed by atoms with Crippen molar-refractivity contribution in [3.05, 3.63) is 23.3 Å². The third-order valence-electron chi connectivity index (χ3n) is 5.27. The normalized spacial score (nSPS) is 24.9. The van der Waals surface area contributed by atoms with E-state index in [1.54, 1.807) is 6.92 Å². The van der Waals surface area contributed by atoms with Crippen LogP contribution in [0.3, 0.4) is 0 Å². The molecule has 3 heteroatoms. The molecule has 1 N–H and O–H groups in total. The molecule has 0 heterocycles. The van der Waals surface area contributed by atoms with Gasteiger partial charge in [0.15, 0.2) is 8.32 Å². The summed E-state index contributed by atoms with van der Waals surface area (Å²) in [6, 6.07) is 0. The van der Waals surface area contributed by atoms with Gasteiger partial charge in [-0.1, -0.05) is 52.3 Å². The van der Waals surface area contributed by atoms with Gasteiger partial charge in [-0.2, -0.15) is 0 Å². The van der Waals surface area contributed by atoms with Crippen LogP contribution < -0.4 is 0 Å². The van der Waals surface area contributed by atoms with E-state index in [0.717, 1.165) is 12.8 Å². The van der Waals surface area contributed by atoms with Crippen molar-refractivity contribution in [2.75, 3.05) is 0 Å². The lowest BCUT2D eigenvalue weighted by atomic mass is 9.71. The molecule has 0 aromatic heterocycles. The molecule has 0 radical (unpaired) electrons. The number of aliphatic hydroxyl groups is 1. The number of rotatable bonds is 4. The van der Waals surface area contributed by atoms with Gasteiger partial charge in [0, 0.05) is 6.10 Å². The quantitative estimate of drug-likeness (QED) is 0.697. The average molecular weight is 325 g/mol. The molecular formula is C19H36O2Si. The SMILES string of the molecule is CC1=C(C=CC(C)O)C(C)(C)CC(O[Si](C)(C)C(C)(C)C)C1. The lowest BCUT2D eigenvalue weighted by Gasteiger charge is -2.44. The van der Waals surface area contributed by atoms with Crippen LogP contribution in [0.4, 0.5) is 0 Å². The van der Waals surface area contributed by atoms with Gasteiger partial charge in [0.25, 0.3) is 0 Å². The van der Waals surface area contributed by atoms with Crippen LogP contribution in [0.1, 0.15) is 61.3 Å². The lowest BCUT2D eigenvalue weighted by Crippen LogP contribution is -2.46. The van der Waals surface area contributed by atoms with Gasteiger partial charge in [0.1, 0.15) is 0 Å². The Kier molecular flexibility index (Phi) is 5.92. The predicted molar refractivity (Wildman–Crippen MR) is 98.6 cm³/mol. The minimum atomic E-state index is -1.72. The highest BCUT2D eigenvalue weighted by atomic mass is 28.4. The van der Waals surface area contributed by atoms with Gasteiger partial charge < -0.3 is 9.53 Å². The van der Waals surface area contributed by atoms with Gasteiger partial charge in [0.2, 0.25) is 0 Å². The molecule has 22 heavy (non-hydrogen) atoms. The van der Waals surface area contributed by atoms with Crippen molar-refractivity contribution in [2.45, 2.75) is 91.6 Å². The van der Waals surface area contributed by atoms with E-state index < -0.39 is 14.4 Å². The van der Waals surface area contributed by atoms with E-state index in [4.69, 9.17) is 4.43 Å². The summed E-state index contributed by atoms with van der Waals surface area (Å²) in [4.78, 5) is 0. The first-order valence-electron chi connectivity index (χ1n) is 8.50. The van der Waals surface area contributed by atoms with Crippen molar-refractivity contribution in [1.82, 2.24) is 0 Å². The summed E-state index contributed by atoms with van der Waals surface area (Å²) < 4.78 is 6.65. The summed E-state index contributed by atoms with van der Waals surface area (Å²) in [7, 11) is -1.72. The molecule has 0 aliphatic heterocycles. The Balaban J connectivity index is 2.97. The molecule has 0 saturated carbocycles. The Hall–Kier alpha value is -0.383. The highest BCUT2D eigenvalue weighted by molar-refractivity contribution is 6.74. The zero-order valence-corrected chi connectivity index (χ0v) is 17.1. The van der Waals surface area contributed by atoms with Gasteiger partial charge in [-0.3, -0.25) is 0 Å². The average Bonchev–Trinajstić information content (AvgIpc) is 2.23. The van der Waals surface area contributed by atoms with Crippen molar-refractivity contribution >= 4 is 8.32 Å². The summed E-state index contributed by atoms with van der Waals surface area (Å²) in [6.45, 7) is 20.2. The van der Waals surface area contributed by atoms with Crippen molar-refractivity contribution < 1.29 is 9.53 Å². The van der Waals surface area contributed by atoms with Gasteiger partial charge in [-0.05, 0) is 55.8 Å². The number of aliphatic hydroxyl groups excluding tert-OH is 1. The Morgan fingerprint density at radius 1 is 1.32 bits per heavy atom. The van der Waals surface area contributed by atoms with Crippen molar-refractivity contribution in [3.8, 4) is 0 Å². The molecule has 2 nitrogen and oxygen atoms in total. The van der Waals surface area contributed by atoms with Crippen molar-refractivity contribution in [2.24, 2.45) is 5.41 Å². The minimum absolute atomic E-state index is 0.0980. The first kappa shape index (κ1) is 19.7. The number of hydrogen-bond donors (Lipinski definition) is 1. The monoisotopic (exact) mass is 324 g/mol. The summed E-state index contributed by atoms with van der Waals surface area (Å²) in [5.74, 6) is 0. The van der Waals surface area contributed by atoms with Gasteiger partial charge in [-0.25, -0.2) is 0 Å². The van der Waals surface area contributed by atoms with Crippen LogP contribution >= 0.6 is 0 Å². The van der Waals surface area contributed by atoms with E-state index in [-0.39, 0.29) is 10.5 Å². The van der Waals surface area contributed by atoms with E-state index in [2.05, 4.69) is 60.7 Å². The van der Waals surface area contributed by atoms with Crippen LogP contribution in [0.2, 0.25) is 18.1 Å². The molecular weight excluding hydrogens is 288 g/mol. The molecule has 1 aliphatic carbocycles. The molecule has 0 aromatic carbocycles. The van der Waals surface area contributed by atoms with Gasteiger partial charge in [-0.15, -0.1) is 0 Å². The van der Waals surface area contributed by atoms with E-state index in [9.17, 15) is 5.11 Å². The van der Waals surface area contributed by atoms with Crippen LogP contribution in [0.15, 0.2) is 23.3 Å². The molecule has 0 fully saturated rings. The topological polar surface area (TPSA) is 29.5 Å². The van der Waals surface area contributed by atoms with Gasteiger partial charge >= 0.3 is 0 Å². The lowest BCUT2D eigenvalue weighted by molar-refractivity contribution is 0.124. The Labute approximate surface area is 138 Å². The van der Waals surface area contributed by atoms with Crippen molar-refractivity contribution in [3.63, 3.8) is 0 Å². The smallest absolute Gasteiger partial charge is 0.192 e. The summed E-state index contributed by atoms with van der Waals surface area (Å²) in [5, 5.41) is 9.76. The van der Waals surface area contributed by atoms with Crippen LogP contribution in [0.25, 0.3) is 0 Å². The molecule has 128 valence electrons. The second kappa shape index (κ2) is 6.62. The molecule has 0 aromatic rings. The molecule has 0 bridgehead atoms. The summed E-state index contributed by atoms with van der Waals surface area (Å²) in [6.07, 6.45) is 5.99. The van der Waals surface area contributed by atoms with Crippen LogP contribution in [-0.4, -0.2) is 25.6 Å². The van der Waals surface area contributed by atoms with E-state index in [1.807, 2.05) is 6.08 Å². The Morgan fingerprint density at radius 3 is 2.27 bits per heavy atom. The van der Waals surface area contributed by atoms with Crippen molar-refractivity contribution in [1.29, 1.82) is 0 Å². The Morgan fingerprint density at radius 2 is 1.86 bits per heavy atom. The largest absolute Gasteiger partial charge is 0.414 e. The van der Waals surface area contributed by atoms with Crippen LogP contribution in [0.5, 0.6) is 0 Å². The molecule has 0 saturated heterocycles. The maximum atomic E-state index is 9.51. The zero-order valence-electron chi connectivity index (χ0n) is 16.1. The van der Waals surface area contributed by atoms with Crippen LogP contribution in [-0.2, 0) is 4.43 Å². The zero-order chi connectivity index (χ0) is 17.3. The minimum Gasteiger partial charge on any atom is -0.414 e. The summed E-state index contributed by atoms with van der Waals surface area (Å²) in [5.41, 5.74) is 2.86. The molecule has 0 amide bonds. The summed E-state index contributed by atoms with van der Waals surface area (Å²) >= 11 is 0. The first-order valence-corrected chi connectivity index (χ1v) is 11.4. The van der Waals surface area contributed by atoms with Crippen LogP contribution in [0, 0.1) is 5.41 Å². The Bertz CT molecular complexity index is 451. The third kappa shape index (κ3) is 4.80. The van der Waals surface area contributed by atoms with E-state index in [0.29, 0.717) is 6.10 Å². The second-order valence-electron chi connectivity index (χ2n) is 9.09. The standard InChI is InChI=1S/C19H36O2Si/c1-14-12-16(21-22(8,9)18(3,4)5)13-19(6,7)17(14)11-10-15(2)20/h10-11,15-16,20H,12-13H2,1-9H3. The first-order chi connectivity index (χ1) is 9.76. The highest BCUT2D eigenvalue weighted by Gasteiger charge is 2.42. The maximum Gasteiger partial charge on any atom is 0.192 e. The fourth-order valence-electron chi connectivity index (χ4n) is 3.06. The molecule has 1 aliphatic rings. The van der Waals surface area contributed by atoms with Gasteiger partial charge in [0.05, 0.1) is 6.10 Å². The molecule has 1 rings (SSSR count). The highest BCUT2D eigenvalue weighted by Crippen LogP contribution is 2.45. The van der Waals surface area contributed by atoms with E-state index in [1.165, 1.54) is 11.1 Å². The van der Waals surface area contributed by atoms with E-state index >= 15 is 0 Å². The fraction of sp³-hybridized carbons (Fsp3) is 0.789. The molecule has 2 atom stereocenters. The number of allylic oxidation sites excluding steroid dienone is 2. The predicted octanol–water partition coefficient (Wildman–Crippen LogP) is 5.45. The second-order valence-corrected chi connectivity index (χ2v) is 13.8. The number of hydrogen-bond acceptors (Lipinski definition) is 2. The fourth-order valence-corrected chi connectivity index (χ4v) is 4.41. The molecule has 2 unspecified atom stereocenters. The third-order valence-corrected chi connectivity index (χ3v) is 9.80. The molecule has 0 spiro atoms.